The number of aryl methyl sites for hydroxylation is 1. The van der Waals surface area contributed by atoms with Crippen molar-refractivity contribution >= 4 is 12.0 Å². The summed E-state index contributed by atoms with van der Waals surface area (Å²) in [5, 5.41) is 2.89. The quantitative estimate of drug-likeness (QED) is 0.863. The summed E-state index contributed by atoms with van der Waals surface area (Å²) in [7, 11) is 0. The largest absolute Gasteiger partial charge is 0.454 e. The lowest BCUT2D eigenvalue weighted by Gasteiger charge is -2.04. The fraction of sp³-hybridized carbons (Fsp3) is 0.211. The molecule has 0 aliphatic carbocycles. The summed E-state index contributed by atoms with van der Waals surface area (Å²) < 4.78 is 10.6. The number of ether oxygens (including phenoxy) is 2. The molecule has 118 valence electrons. The molecule has 1 amide bonds. The standard InChI is InChI=1S/C19H19NO3/c1-14-4-2-3-5-16(14)7-9-19(21)20-11-10-15-6-8-17-18(12-15)23-13-22-17/h2-9,12H,10-11,13H2,1H3,(H,20,21)/b9-7+. The molecular formula is C19H19NO3. The van der Waals surface area contributed by atoms with Crippen LogP contribution < -0.4 is 14.8 Å². The van der Waals surface area contributed by atoms with Crippen LogP contribution in [-0.2, 0) is 11.2 Å². The van der Waals surface area contributed by atoms with Gasteiger partial charge in [0.1, 0.15) is 0 Å². The molecule has 0 spiro atoms. The number of fused-ring (bicyclic) bond motifs is 1. The summed E-state index contributed by atoms with van der Waals surface area (Å²) in [6, 6.07) is 13.8. The van der Waals surface area contributed by atoms with Gasteiger partial charge in [0.2, 0.25) is 12.7 Å². The zero-order valence-corrected chi connectivity index (χ0v) is 13.0. The molecule has 1 aliphatic heterocycles. The SMILES string of the molecule is Cc1ccccc1/C=C/C(=O)NCCc1ccc2c(c1)OCO2. The summed E-state index contributed by atoms with van der Waals surface area (Å²) >= 11 is 0. The van der Waals surface area contributed by atoms with Crippen molar-refractivity contribution in [3.63, 3.8) is 0 Å². The van der Waals surface area contributed by atoms with Crippen LogP contribution in [0.5, 0.6) is 11.5 Å². The molecule has 2 aromatic rings. The van der Waals surface area contributed by atoms with Crippen molar-refractivity contribution in [1.82, 2.24) is 5.32 Å². The first-order valence-corrected chi connectivity index (χ1v) is 7.62. The topological polar surface area (TPSA) is 47.6 Å². The lowest BCUT2D eigenvalue weighted by molar-refractivity contribution is -0.116. The Morgan fingerprint density at radius 1 is 1.17 bits per heavy atom. The maximum absolute atomic E-state index is 11.9. The van der Waals surface area contributed by atoms with Gasteiger partial charge in [-0.15, -0.1) is 0 Å². The van der Waals surface area contributed by atoms with Gasteiger partial charge >= 0.3 is 0 Å². The lowest BCUT2D eigenvalue weighted by atomic mass is 10.1. The average molecular weight is 309 g/mol. The molecule has 0 bridgehead atoms. The third kappa shape index (κ3) is 3.92. The lowest BCUT2D eigenvalue weighted by Crippen LogP contribution is -2.23. The molecule has 4 heteroatoms. The molecule has 1 heterocycles. The molecule has 0 aromatic heterocycles. The minimum absolute atomic E-state index is 0.0889. The van der Waals surface area contributed by atoms with E-state index in [1.165, 1.54) is 0 Å². The van der Waals surface area contributed by atoms with E-state index < -0.39 is 0 Å². The Labute approximate surface area is 135 Å². The third-order valence-corrected chi connectivity index (χ3v) is 3.75. The van der Waals surface area contributed by atoms with Gasteiger partial charge in [0.25, 0.3) is 0 Å². The molecule has 4 nitrogen and oxygen atoms in total. The number of hydrogen-bond acceptors (Lipinski definition) is 3. The molecule has 0 radical (unpaired) electrons. The minimum atomic E-state index is -0.0889. The number of hydrogen-bond donors (Lipinski definition) is 1. The monoisotopic (exact) mass is 309 g/mol. The first-order chi connectivity index (χ1) is 11.2. The zero-order valence-electron chi connectivity index (χ0n) is 13.0. The number of benzene rings is 2. The molecule has 0 saturated heterocycles. The first kappa shape index (κ1) is 15.2. The van der Waals surface area contributed by atoms with E-state index in [0.717, 1.165) is 34.6 Å². The van der Waals surface area contributed by atoms with Crippen molar-refractivity contribution in [3.05, 3.63) is 65.2 Å². The van der Waals surface area contributed by atoms with Crippen molar-refractivity contribution in [2.75, 3.05) is 13.3 Å². The second-order valence-electron chi connectivity index (χ2n) is 5.42. The number of amides is 1. The van der Waals surface area contributed by atoms with Crippen molar-refractivity contribution < 1.29 is 14.3 Å². The second-order valence-corrected chi connectivity index (χ2v) is 5.42. The van der Waals surface area contributed by atoms with Gasteiger partial charge in [0, 0.05) is 12.6 Å². The Hall–Kier alpha value is -2.75. The maximum Gasteiger partial charge on any atom is 0.244 e. The molecule has 23 heavy (non-hydrogen) atoms. The van der Waals surface area contributed by atoms with Crippen LogP contribution in [0.15, 0.2) is 48.5 Å². The van der Waals surface area contributed by atoms with Crippen LogP contribution in [-0.4, -0.2) is 19.2 Å². The third-order valence-electron chi connectivity index (χ3n) is 3.75. The van der Waals surface area contributed by atoms with Crippen LogP contribution in [0.25, 0.3) is 6.08 Å². The summed E-state index contributed by atoms with van der Waals surface area (Å²) in [5.74, 6) is 1.46. The number of rotatable bonds is 5. The molecular weight excluding hydrogens is 290 g/mol. The molecule has 0 atom stereocenters. The van der Waals surface area contributed by atoms with E-state index in [1.54, 1.807) is 6.08 Å². The van der Waals surface area contributed by atoms with Gasteiger partial charge < -0.3 is 14.8 Å². The molecule has 0 unspecified atom stereocenters. The van der Waals surface area contributed by atoms with E-state index in [-0.39, 0.29) is 12.7 Å². The van der Waals surface area contributed by atoms with Gasteiger partial charge in [0.05, 0.1) is 0 Å². The second kappa shape index (κ2) is 7.01. The molecule has 1 N–H and O–H groups in total. The van der Waals surface area contributed by atoms with Gasteiger partial charge in [-0.3, -0.25) is 4.79 Å². The van der Waals surface area contributed by atoms with Crippen LogP contribution in [0.2, 0.25) is 0 Å². The van der Waals surface area contributed by atoms with Crippen molar-refractivity contribution in [1.29, 1.82) is 0 Å². The average Bonchev–Trinajstić information content (AvgIpc) is 3.02. The fourth-order valence-electron chi connectivity index (χ4n) is 2.42. The molecule has 0 fully saturated rings. The van der Waals surface area contributed by atoms with Crippen LogP contribution >= 0.6 is 0 Å². The van der Waals surface area contributed by atoms with E-state index in [4.69, 9.17) is 9.47 Å². The Kier molecular flexibility index (Phi) is 4.62. The predicted molar refractivity (Wildman–Crippen MR) is 89.5 cm³/mol. The van der Waals surface area contributed by atoms with E-state index in [0.29, 0.717) is 6.54 Å². The van der Waals surface area contributed by atoms with Crippen LogP contribution in [0.1, 0.15) is 16.7 Å². The minimum Gasteiger partial charge on any atom is -0.454 e. The molecule has 1 aliphatic rings. The number of nitrogens with one attached hydrogen (secondary N) is 1. The van der Waals surface area contributed by atoms with Crippen LogP contribution in [0, 0.1) is 6.92 Å². The maximum atomic E-state index is 11.9. The normalized spacial score (nSPS) is 12.6. The highest BCUT2D eigenvalue weighted by atomic mass is 16.7. The summed E-state index contributed by atoms with van der Waals surface area (Å²) in [6.45, 7) is 2.88. The first-order valence-electron chi connectivity index (χ1n) is 7.62. The van der Waals surface area contributed by atoms with E-state index >= 15 is 0 Å². The highest BCUT2D eigenvalue weighted by molar-refractivity contribution is 5.91. The van der Waals surface area contributed by atoms with Crippen LogP contribution in [0.4, 0.5) is 0 Å². The van der Waals surface area contributed by atoms with E-state index in [2.05, 4.69) is 5.32 Å². The zero-order chi connectivity index (χ0) is 16.1. The molecule has 3 rings (SSSR count). The Morgan fingerprint density at radius 3 is 2.87 bits per heavy atom. The van der Waals surface area contributed by atoms with Gasteiger partial charge in [0.15, 0.2) is 11.5 Å². The fourth-order valence-corrected chi connectivity index (χ4v) is 2.42. The Morgan fingerprint density at radius 2 is 2.00 bits per heavy atom. The van der Waals surface area contributed by atoms with Crippen molar-refractivity contribution in [3.8, 4) is 11.5 Å². The molecule has 0 saturated carbocycles. The van der Waals surface area contributed by atoms with Crippen molar-refractivity contribution in [2.24, 2.45) is 0 Å². The van der Waals surface area contributed by atoms with E-state index in [1.807, 2.05) is 55.5 Å². The van der Waals surface area contributed by atoms with Gasteiger partial charge in [-0.1, -0.05) is 30.3 Å². The Bertz CT molecular complexity index is 737. The highest BCUT2D eigenvalue weighted by Crippen LogP contribution is 2.32. The number of carbonyl (C=O) groups is 1. The summed E-state index contributed by atoms with van der Waals surface area (Å²) in [5.41, 5.74) is 3.31. The smallest absolute Gasteiger partial charge is 0.244 e. The highest BCUT2D eigenvalue weighted by Gasteiger charge is 2.12. The predicted octanol–water partition coefficient (Wildman–Crippen LogP) is 3.10. The molecule has 2 aromatic carbocycles. The van der Waals surface area contributed by atoms with Gasteiger partial charge in [-0.25, -0.2) is 0 Å². The van der Waals surface area contributed by atoms with Crippen LogP contribution in [0.3, 0.4) is 0 Å². The van der Waals surface area contributed by atoms with Crippen molar-refractivity contribution in [2.45, 2.75) is 13.3 Å². The number of carbonyl (C=O) groups excluding carboxylic acids is 1. The van der Waals surface area contributed by atoms with Gasteiger partial charge in [-0.05, 0) is 48.2 Å². The van der Waals surface area contributed by atoms with Gasteiger partial charge in [-0.2, -0.15) is 0 Å². The summed E-state index contributed by atoms with van der Waals surface area (Å²) in [6.07, 6.45) is 4.16. The summed E-state index contributed by atoms with van der Waals surface area (Å²) in [4.78, 5) is 11.9. The van der Waals surface area contributed by atoms with E-state index in [9.17, 15) is 4.79 Å². The Balaban J connectivity index is 1.49.